The first-order valence-electron chi connectivity index (χ1n) is 6.37. The minimum absolute atomic E-state index is 0.147. The zero-order valence-corrected chi connectivity index (χ0v) is 12.2. The summed E-state index contributed by atoms with van der Waals surface area (Å²) in [6.45, 7) is 6.59. The highest BCUT2D eigenvalue weighted by atomic mass is 35.5. The molecule has 5 heteroatoms. The van der Waals surface area contributed by atoms with Crippen LogP contribution >= 0.6 is 11.6 Å². The molecule has 0 unspecified atom stereocenters. The molecule has 0 aliphatic rings. The maximum atomic E-state index is 13.1. The Bertz CT molecular complexity index is 435. The van der Waals surface area contributed by atoms with Gasteiger partial charge < -0.3 is 5.73 Å². The van der Waals surface area contributed by atoms with E-state index in [-0.39, 0.29) is 10.9 Å². The molecule has 0 heterocycles. The van der Waals surface area contributed by atoms with E-state index in [0.717, 1.165) is 18.7 Å². The number of nitrogens with one attached hydrogen (secondary N) is 1. The van der Waals surface area contributed by atoms with Gasteiger partial charge in [-0.1, -0.05) is 31.5 Å². The minimum atomic E-state index is -0.399. The quantitative estimate of drug-likeness (QED) is 0.597. The first-order valence-corrected chi connectivity index (χ1v) is 6.75. The summed E-state index contributed by atoms with van der Waals surface area (Å²) in [5.74, 6) is 0.304. The van der Waals surface area contributed by atoms with Crippen LogP contribution in [-0.4, -0.2) is 23.8 Å². The SMILES string of the molecule is CC(C)CN(CCC(=N)N)Cc1ccc(F)c(Cl)c1. The van der Waals surface area contributed by atoms with Crippen molar-refractivity contribution in [2.75, 3.05) is 13.1 Å². The van der Waals surface area contributed by atoms with Crippen molar-refractivity contribution in [1.29, 1.82) is 5.41 Å². The molecule has 0 amide bonds. The van der Waals surface area contributed by atoms with Gasteiger partial charge in [-0.2, -0.15) is 0 Å². The number of benzene rings is 1. The largest absolute Gasteiger partial charge is 0.388 e. The number of hydrogen-bond acceptors (Lipinski definition) is 2. The van der Waals surface area contributed by atoms with E-state index in [0.29, 0.717) is 18.9 Å². The van der Waals surface area contributed by atoms with E-state index in [1.807, 2.05) is 0 Å². The van der Waals surface area contributed by atoms with E-state index in [2.05, 4.69) is 18.7 Å². The van der Waals surface area contributed by atoms with Crippen molar-refractivity contribution < 1.29 is 4.39 Å². The number of rotatable bonds is 7. The second-order valence-corrected chi connectivity index (χ2v) is 5.56. The smallest absolute Gasteiger partial charge is 0.141 e. The van der Waals surface area contributed by atoms with Crippen LogP contribution in [0.15, 0.2) is 18.2 Å². The lowest BCUT2D eigenvalue weighted by molar-refractivity contribution is 0.242. The van der Waals surface area contributed by atoms with E-state index < -0.39 is 5.82 Å². The Morgan fingerprint density at radius 3 is 2.68 bits per heavy atom. The molecule has 1 aromatic carbocycles. The molecular formula is C14H21ClFN3. The van der Waals surface area contributed by atoms with Crippen LogP contribution in [0.1, 0.15) is 25.8 Å². The van der Waals surface area contributed by atoms with E-state index in [1.165, 1.54) is 6.07 Å². The van der Waals surface area contributed by atoms with Gasteiger partial charge >= 0.3 is 0 Å². The molecule has 0 saturated heterocycles. The Kier molecular flexibility index (Phi) is 6.25. The topological polar surface area (TPSA) is 53.1 Å². The second kappa shape index (κ2) is 7.46. The first kappa shape index (κ1) is 15.9. The van der Waals surface area contributed by atoms with Gasteiger partial charge in [0, 0.05) is 26.1 Å². The van der Waals surface area contributed by atoms with Crippen molar-refractivity contribution in [3.05, 3.63) is 34.6 Å². The molecule has 106 valence electrons. The third kappa shape index (κ3) is 6.03. The zero-order valence-electron chi connectivity index (χ0n) is 11.4. The fourth-order valence-corrected chi connectivity index (χ4v) is 2.13. The predicted molar refractivity (Wildman–Crippen MR) is 78.1 cm³/mol. The summed E-state index contributed by atoms with van der Waals surface area (Å²) >= 11 is 5.78. The standard InChI is InChI=1S/C14H21ClFN3/c1-10(2)8-19(6-5-14(17)18)9-11-3-4-13(16)12(15)7-11/h3-4,7,10H,5-6,8-9H2,1-2H3,(H3,17,18). The third-order valence-corrected chi connectivity index (χ3v) is 3.00. The van der Waals surface area contributed by atoms with Gasteiger partial charge in [-0.05, 0) is 23.6 Å². The van der Waals surface area contributed by atoms with Gasteiger partial charge in [-0.15, -0.1) is 0 Å². The lowest BCUT2D eigenvalue weighted by Crippen LogP contribution is -2.30. The summed E-state index contributed by atoms with van der Waals surface area (Å²) in [4.78, 5) is 2.20. The predicted octanol–water partition coefficient (Wildman–Crippen LogP) is 3.26. The molecule has 1 rings (SSSR count). The van der Waals surface area contributed by atoms with Crippen molar-refractivity contribution in [2.45, 2.75) is 26.8 Å². The van der Waals surface area contributed by atoms with Crippen LogP contribution in [0.25, 0.3) is 0 Å². The number of amidine groups is 1. The van der Waals surface area contributed by atoms with E-state index in [4.69, 9.17) is 22.7 Å². The molecule has 0 radical (unpaired) electrons. The zero-order chi connectivity index (χ0) is 14.4. The van der Waals surface area contributed by atoms with Crippen LogP contribution in [0, 0.1) is 17.1 Å². The van der Waals surface area contributed by atoms with Crippen LogP contribution in [0.2, 0.25) is 5.02 Å². The molecular weight excluding hydrogens is 265 g/mol. The number of nitrogens with two attached hydrogens (primary N) is 1. The van der Waals surface area contributed by atoms with E-state index >= 15 is 0 Å². The van der Waals surface area contributed by atoms with Crippen LogP contribution in [0.3, 0.4) is 0 Å². The van der Waals surface area contributed by atoms with Gasteiger partial charge in [0.05, 0.1) is 10.9 Å². The van der Waals surface area contributed by atoms with E-state index in [1.54, 1.807) is 12.1 Å². The number of halogens is 2. The van der Waals surface area contributed by atoms with Crippen molar-refractivity contribution >= 4 is 17.4 Å². The molecule has 0 aliphatic heterocycles. The Balaban J connectivity index is 2.69. The van der Waals surface area contributed by atoms with E-state index in [9.17, 15) is 4.39 Å². The Labute approximate surface area is 119 Å². The highest BCUT2D eigenvalue weighted by Crippen LogP contribution is 2.17. The van der Waals surface area contributed by atoms with Gasteiger partial charge in [0.2, 0.25) is 0 Å². The summed E-state index contributed by atoms with van der Waals surface area (Å²) < 4.78 is 13.1. The number of hydrogen-bond donors (Lipinski definition) is 2. The van der Waals surface area contributed by atoms with Crippen LogP contribution in [0.5, 0.6) is 0 Å². The molecule has 1 aromatic rings. The molecule has 19 heavy (non-hydrogen) atoms. The molecule has 3 N–H and O–H groups in total. The minimum Gasteiger partial charge on any atom is -0.388 e. The fraction of sp³-hybridized carbons (Fsp3) is 0.500. The molecule has 0 fully saturated rings. The molecule has 0 spiro atoms. The monoisotopic (exact) mass is 285 g/mol. The second-order valence-electron chi connectivity index (χ2n) is 5.15. The normalized spacial score (nSPS) is 11.3. The maximum absolute atomic E-state index is 13.1. The molecule has 0 aliphatic carbocycles. The lowest BCUT2D eigenvalue weighted by atomic mass is 10.1. The Morgan fingerprint density at radius 1 is 1.47 bits per heavy atom. The van der Waals surface area contributed by atoms with Crippen molar-refractivity contribution in [2.24, 2.45) is 11.7 Å². The molecule has 0 aromatic heterocycles. The van der Waals surface area contributed by atoms with Crippen molar-refractivity contribution in [1.82, 2.24) is 4.90 Å². The third-order valence-electron chi connectivity index (χ3n) is 2.71. The molecule has 0 bridgehead atoms. The van der Waals surface area contributed by atoms with Crippen LogP contribution < -0.4 is 5.73 Å². The van der Waals surface area contributed by atoms with Crippen molar-refractivity contribution in [3.63, 3.8) is 0 Å². The summed E-state index contributed by atoms with van der Waals surface area (Å²) in [5.41, 5.74) is 6.36. The van der Waals surface area contributed by atoms with Gasteiger partial charge in [0.15, 0.2) is 0 Å². The lowest BCUT2D eigenvalue weighted by Gasteiger charge is -2.24. The van der Waals surface area contributed by atoms with Crippen LogP contribution in [0.4, 0.5) is 4.39 Å². The molecule has 0 atom stereocenters. The van der Waals surface area contributed by atoms with Crippen LogP contribution in [-0.2, 0) is 6.54 Å². The maximum Gasteiger partial charge on any atom is 0.141 e. The average Bonchev–Trinajstić information content (AvgIpc) is 2.30. The van der Waals surface area contributed by atoms with Gasteiger partial charge in [0.25, 0.3) is 0 Å². The van der Waals surface area contributed by atoms with Crippen molar-refractivity contribution in [3.8, 4) is 0 Å². The number of nitrogens with zero attached hydrogens (tertiary/aromatic N) is 1. The fourth-order valence-electron chi connectivity index (χ4n) is 1.93. The van der Waals surface area contributed by atoms with Gasteiger partial charge in [-0.3, -0.25) is 10.3 Å². The molecule has 0 saturated carbocycles. The average molecular weight is 286 g/mol. The highest BCUT2D eigenvalue weighted by Gasteiger charge is 2.10. The highest BCUT2D eigenvalue weighted by molar-refractivity contribution is 6.30. The summed E-state index contributed by atoms with van der Waals surface area (Å²) in [6, 6.07) is 4.77. The summed E-state index contributed by atoms with van der Waals surface area (Å²) in [5, 5.41) is 7.44. The Morgan fingerprint density at radius 2 is 2.16 bits per heavy atom. The summed E-state index contributed by atoms with van der Waals surface area (Å²) in [7, 11) is 0. The van der Waals surface area contributed by atoms with Gasteiger partial charge in [-0.25, -0.2) is 4.39 Å². The Hall–Kier alpha value is -1.13. The summed E-state index contributed by atoms with van der Waals surface area (Å²) in [6.07, 6.45) is 0.543. The first-order chi connectivity index (χ1) is 8.88. The van der Waals surface area contributed by atoms with Gasteiger partial charge in [0.1, 0.15) is 5.82 Å². The molecule has 3 nitrogen and oxygen atoms in total.